The Morgan fingerprint density at radius 2 is 1.80 bits per heavy atom. The van der Waals surface area contributed by atoms with Crippen LogP contribution < -0.4 is 4.74 Å². The molecule has 0 aromatic heterocycles. The number of hydrogen-bond donors (Lipinski definition) is 0. The highest BCUT2D eigenvalue weighted by Crippen LogP contribution is 2.24. The van der Waals surface area contributed by atoms with Gasteiger partial charge in [-0.3, -0.25) is 4.79 Å². The Hall–Kier alpha value is -1.74. The highest BCUT2D eigenvalue weighted by Gasteiger charge is 2.08. The van der Waals surface area contributed by atoms with Gasteiger partial charge in [-0.25, -0.2) is 0 Å². The summed E-state index contributed by atoms with van der Waals surface area (Å²) in [5.74, 6) is 1.36. The number of ether oxygens (including phenoxy) is 1. The third kappa shape index (κ3) is 3.64. The van der Waals surface area contributed by atoms with Crippen LogP contribution >= 0.6 is 11.8 Å². The van der Waals surface area contributed by atoms with Crippen molar-refractivity contribution in [3.8, 4) is 5.75 Å². The lowest BCUT2D eigenvalue weighted by atomic mass is 10.1. The average molecular weight is 286 g/mol. The second kappa shape index (κ2) is 6.62. The Balaban J connectivity index is 2.00. The van der Waals surface area contributed by atoms with Crippen molar-refractivity contribution < 1.29 is 9.53 Å². The van der Waals surface area contributed by atoms with E-state index in [0.717, 1.165) is 16.2 Å². The van der Waals surface area contributed by atoms with Gasteiger partial charge in [-0.2, -0.15) is 0 Å². The molecule has 0 unspecified atom stereocenters. The number of ketones is 1. The molecule has 0 saturated carbocycles. The van der Waals surface area contributed by atoms with Crippen molar-refractivity contribution in [1.82, 2.24) is 0 Å². The van der Waals surface area contributed by atoms with E-state index in [1.165, 1.54) is 11.1 Å². The molecule has 2 aromatic carbocycles. The van der Waals surface area contributed by atoms with E-state index in [0.29, 0.717) is 5.75 Å². The molecule has 0 saturated heterocycles. The molecule has 2 nitrogen and oxygen atoms in total. The topological polar surface area (TPSA) is 26.3 Å². The molecular formula is C17H18O2S. The molecule has 0 spiro atoms. The molecular weight excluding hydrogens is 268 g/mol. The molecule has 2 aromatic rings. The number of rotatable bonds is 5. The zero-order valence-corrected chi connectivity index (χ0v) is 12.8. The molecule has 0 fully saturated rings. The van der Waals surface area contributed by atoms with Crippen molar-refractivity contribution in [2.45, 2.75) is 18.7 Å². The van der Waals surface area contributed by atoms with Crippen LogP contribution in [0.3, 0.4) is 0 Å². The Morgan fingerprint density at radius 3 is 2.40 bits per heavy atom. The number of aryl methyl sites for hydroxylation is 2. The summed E-state index contributed by atoms with van der Waals surface area (Å²) in [5.41, 5.74) is 3.19. The lowest BCUT2D eigenvalue weighted by Gasteiger charge is -2.06. The van der Waals surface area contributed by atoms with Gasteiger partial charge in [0.1, 0.15) is 5.75 Å². The lowest BCUT2D eigenvalue weighted by molar-refractivity contribution is 0.102. The fraction of sp³-hybridized carbons (Fsp3) is 0.235. The van der Waals surface area contributed by atoms with E-state index in [-0.39, 0.29) is 5.78 Å². The zero-order chi connectivity index (χ0) is 14.5. The van der Waals surface area contributed by atoms with Crippen LogP contribution in [-0.4, -0.2) is 18.6 Å². The summed E-state index contributed by atoms with van der Waals surface area (Å²) in [6, 6.07) is 13.5. The number of carbonyl (C=O) groups is 1. The van der Waals surface area contributed by atoms with Crippen LogP contribution in [0.25, 0.3) is 0 Å². The SMILES string of the molecule is COc1ccc(C(=O)CSc2ccc(C)cc2C)cc1. The van der Waals surface area contributed by atoms with E-state index >= 15 is 0 Å². The number of benzene rings is 2. The van der Waals surface area contributed by atoms with Crippen LogP contribution in [0.1, 0.15) is 21.5 Å². The largest absolute Gasteiger partial charge is 0.497 e. The lowest BCUT2D eigenvalue weighted by Crippen LogP contribution is -2.02. The van der Waals surface area contributed by atoms with Gasteiger partial charge >= 0.3 is 0 Å². The van der Waals surface area contributed by atoms with E-state index < -0.39 is 0 Å². The van der Waals surface area contributed by atoms with E-state index in [1.54, 1.807) is 18.9 Å². The maximum absolute atomic E-state index is 12.1. The quantitative estimate of drug-likeness (QED) is 0.606. The molecule has 0 bridgehead atoms. The molecule has 0 aliphatic heterocycles. The van der Waals surface area contributed by atoms with Crippen molar-refractivity contribution in [3.05, 3.63) is 59.2 Å². The molecule has 0 radical (unpaired) electrons. The van der Waals surface area contributed by atoms with Gasteiger partial charge in [-0.1, -0.05) is 17.7 Å². The zero-order valence-electron chi connectivity index (χ0n) is 12.0. The number of hydrogen-bond acceptors (Lipinski definition) is 3. The summed E-state index contributed by atoms with van der Waals surface area (Å²) in [7, 11) is 1.62. The summed E-state index contributed by atoms with van der Waals surface area (Å²) < 4.78 is 5.09. The van der Waals surface area contributed by atoms with Gasteiger partial charge in [-0.05, 0) is 49.7 Å². The summed E-state index contributed by atoms with van der Waals surface area (Å²) in [6.07, 6.45) is 0. The van der Waals surface area contributed by atoms with Gasteiger partial charge in [0, 0.05) is 10.5 Å². The highest BCUT2D eigenvalue weighted by atomic mass is 32.2. The fourth-order valence-electron chi connectivity index (χ4n) is 1.96. The van der Waals surface area contributed by atoms with Crippen molar-refractivity contribution in [3.63, 3.8) is 0 Å². The van der Waals surface area contributed by atoms with Crippen LogP contribution in [0, 0.1) is 13.8 Å². The minimum atomic E-state index is 0.137. The Labute approximate surface area is 124 Å². The van der Waals surface area contributed by atoms with Crippen LogP contribution in [0.5, 0.6) is 5.75 Å². The first-order valence-electron chi connectivity index (χ1n) is 6.47. The van der Waals surface area contributed by atoms with Gasteiger partial charge in [0.15, 0.2) is 5.78 Å². The molecule has 104 valence electrons. The van der Waals surface area contributed by atoms with Crippen molar-refractivity contribution in [2.24, 2.45) is 0 Å². The number of thioether (sulfide) groups is 1. The fourth-order valence-corrected chi connectivity index (χ4v) is 2.87. The third-order valence-electron chi connectivity index (χ3n) is 3.10. The van der Waals surface area contributed by atoms with Crippen LogP contribution in [0.2, 0.25) is 0 Å². The van der Waals surface area contributed by atoms with Gasteiger partial charge in [0.05, 0.1) is 12.9 Å². The summed E-state index contributed by atoms with van der Waals surface area (Å²) in [5, 5.41) is 0. The number of methoxy groups -OCH3 is 1. The smallest absolute Gasteiger partial charge is 0.173 e. The third-order valence-corrected chi connectivity index (χ3v) is 4.28. The van der Waals surface area contributed by atoms with Gasteiger partial charge < -0.3 is 4.74 Å². The second-order valence-electron chi connectivity index (χ2n) is 4.71. The molecule has 0 aliphatic carbocycles. The van der Waals surface area contributed by atoms with Crippen molar-refractivity contribution >= 4 is 17.5 Å². The summed E-state index contributed by atoms with van der Waals surface area (Å²) in [4.78, 5) is 13.3. The highest BCUT2D eigenvalue weighted by molar-refractivity contribution is 8.00. The second-order valence-corrected chi connectivity index (χ2v) is 5.73. The molecule has 0 atom stereocenters. The molecule has 0 N–H and O–H groups in total. The van der Waals surface area contributed by atoms with Crippen molar-refractivity contribution in [2.75, 3.05) is 12.9 Å². The van der Waals surface area contributed by atoms with Crippen LogP contribution in [0.4, 0.5) is 0 Å². The van der Waals surface area contributed by atoms with E-state index in [9.17, 15) is 4.79 Å². The molecule has 0 aliphatic rings. The molecule has 20 heavy (non-hydrogen) atoms. The number of Topliss-reactive ketones (excluding diaryl/α,β-unsaturated/α-hetero) is 1. The Kier molecular flexibility index (Phi) is 4.85. The van der Waals surface area contributed by atoms with Crippen LogP contribution in [0.15, 0.2) is 47.4 Å². The first-order valence-corrected chi connectivity index (χ1v) is 7.46. The maximum Gasteiger partial charge on any atom is 0.173 e. The normalized spacial score (nSPS) is 10.3. The average Bonchev–Trinajstić information content (AvgIpc) is 2.46. The summed E-state index contributed by atoms with van der Waals surface area (Å²) in [6.45, 7) is 4.15. The molecule has 0 amide bonds. The van der Waals surface area contributed by atoms with Gasteiger partial charge in [-0.15, -0.1) is 11.8 Å². The number of carbonyl (C=O) groups excluding carboxylic acids is 1. The van der Waals surface area contributed by atoms with Gasteiger partial charge in [0.2, 0.25) is 0 Å². The first-order chi connectivity index (χ1) is 9.60. The minimum absolute atomic E-state index is 0.137. The van der Waals surface area contributed by atoms with E-state index in [1.807, 2.05) is 24.3 Å². The first kappa shape index (κ1) is 14.7. The van der Waals surface area contributed by atoms with E-state index in [4.69, 9.17) is 4.74 Å². The van der Waals surface area contributed by atoms with Crippen molar-refractivity contribution in [1.29, 1.82) is 0 Å². The maximum atomic E-state index is 12.1. The van der Waals surface area contributed by atoms with Gasteiger partial charge in [0.25, 0.3) is 0 Å². The standard InChI is InChI=1S/C17H18O2S/c1-12-4-9-17(13(2)10-12)20-11-16(18)14-5-7-15(19-3)8-6-14/h4-10H,11H2,1-3H3. The van der Waals surface area contributed by atoms with Crippen LogP contribution in [-0.2, 0) is 0 Å². The monoisotopic (exact) mass is 286 g/mol. The summed E-state index contributed by atoms with van der Waals surface area (Å²) >= 11 is 1.59. The van der Waals surface area contributed by atoms with E-state index in [2.05, 4.69) is 32.0 Å². The molecule has 3 heteroatoms. The minimum Gasteiger partial charge on any atom is -0.497 e. The predicted octanol–water partition coefficient (Wildman–Crippen LogP) is 4.29. The molecule has 0 heterocycles. The Bertz CT molecular complexity index is 603. The Morgan fingerprint density at radius 1 is 1.10 bits per heavy atom. The molecule has 2 rings (SSSR count). The predicted molar refractivity (Wildman–Crippen MR) is 84.0 cm³/mol.